The summed E-state index contributed by atoms with van der Waals surface area (Å²) in [5.41, 5.74) is 11.1. The summed E-state index contributed by atoms with van der Waals surface area (Å²) in [7, 11) is 0. The molecule has 0 fully saturated rings. The van der Waals surface area contributed by atoms with E-state index in [-0.39, 0.29) is 51.2 Å². The maximum absolute atomic E-state index is 12.8. The lowest BCUT2D eigenvalue weighted by Gasteiger charge is -2.26. The van der Waals surface area contributed by atoms with E-state index in [0.29, 0.717) is 61.7 Å². The van der Waals surface area contributed by atoms with Crippen LogP contribution in [-0.2, 0) is 28.2 Å². The summed E-state index contributed by atoms with van der Waals surface area (Å²) in [6.45, 7) is 29.8. The van der Waals surface area contributed by atoms with Crippen LogP contribution in [0.3, 0.4) is 0 Å². The van der Waals surface area contributed by atoms with Crippen molar-refractivity contribution < 1.29 is 20.4 Å². The number of para-hydroxylation sites is 2. The summed E-state index contributed by atoms with van der Waals surface area (Å²) in [5, 5.41) is 50.2. The fraction of sp³-hybridized carbons (Fsp3) is 0.328. The molecule has 0 spiro atoms. The number of imidazole rings is 1. The lowest BCUT2D eigenvalue weighted by molar-refractivity contribution is 0.461. The number of aliphatic imine (C=N–C) groups is 2. The van der Waals surface area contributed by atoms with Gasteiger partial charge in [0, 0.05) is 51.4 Å². The first-order chi connectivity index (χ1) is 30.7. The number of hydrogen-bond acceptors (Lipinski definition) is 7. The second-order valence-electron chi connectivity index (χ2n) is 22.3. The number of phenolic OH excluding ortho intramolecular Hbond substituents is 4. The molecule has 1 aromatic heterocycles. The van der Waals surface area contributed by atoms with Crippen LogP contribution >= 0.6 is 0 Å². The number of hydrogen-bond donors (Lipinski definition) is 4. The first-order valence-electron chi connectivity index (χ1n) is 22.9. The van der Waals surface area contributed by atoms with E-state index in [1.54, 1.807) is 12.4 Å². The molecule has 0 saturated carbocycles. The maximum Gasteiger partial charge on any atom is 0.145 e. The maximum atomic E-state index is 12.8. The highest BCUT2D eigenvalue weighted by Gasteiger charge is 2.29. The third-order valence-corrected chi connectivity index (χ3v) is 13.1. The van der Waals surface area contributed by atoms with Crippen LogP contribution in [-0.4, -0.2) is 42.4 Å². The summed E-state index contributed by atoms with van der Waals surface area (Å²) in [6, 6.07) is 27.6. The molecule has 8 bridgehead atoms. The third kappa shape index (κ3) is 8.50. The van der Waals surface area contributed by atoms with Gasteiger partial charge in [-0.1, -0.05) is 95.2 Å². The van der Waals surface area contributed by atoms with Crippen LogP contribution in [0.1, 0.15) is 133 Å². The molecule has 66 heavy (non-hydrogen) atoms. The van der Waals surface area contributed by atoms with Crippen molar-refractivity contribution >= 4 is 34.8 Å². The Hall–Kier alpha value is -6.67. The topological polar surface area (TPSA) is 123 Å². The molecular weight excluding hydrogens is 817 g/mol. The number of benzene rings is 6. The van der Waals surface area contributed by atoms with Gasteiger partial charge in [-0.25, -0.2) is 4.98 Å². The highest BCUT2D eigenvalue weighted by molar-refractivity contribution is 5.96. The van der Waals surface area contributed by atoms with Crippen LogP contribution in [0.2, 0.25) is 0 Å². The van der Waals surface area contributed by atoms with Crippen molar-refractivity contribution in [1.82, 2.24) is 9.55 Å². The van der Waals surface area contributed by atoms with Crippen molar-refractivity contribution in [2.24, 2.45) is 9.98 Å². The monoisotopic (exact) mass is 880 g/mol. The number of rotatable bonds is 0. The summed E-state index contributed by atoms with van der Waals surface area (Å²) in [4.78, 5) is 15.2. The molecule has 8 heteroatoms. The number of aromatic hydroxyl groups is 4. The first kappa shape index (κ1) is 45.9. The predicted octanol–water partition coefficient (Wildman–Crippen LogP) is 14.5. The van der Waals surface area contributed by atoms with E-state index in [1.165, 1.54) is 0 Å². The molecule has 7 aromatic rings. The van der Waals surface area contributed by atoms with E-state index in [9.17, 15) is 20.4 Å². The molecule has 4 N–H and O–H groups in total. The Morgan fingerprint density at radius 1 is 0.455 bits per heavy atom. The smallest absolute Gasteiger partial charge is 0.145 e. The molecule has 2 heterocycles. The second kappa shape index (κ2) is 16.0. The van der Waals surface area contributed by atoms with E-state index in [4.69, 9.17) is 15.0 Å². The van der Waals surface area contributed by atoms with Gasteiger partial charge < -0.3 is 25.0 Å². The Labute approximate surface area is 390 Å². The van der Waals surface area contributed by atoms with Gasteiger partial charge in [-0.15, -0.1) is 0 Å². The van der Waals surface area contributed by atoms with Crippen LogP contribution in [0.15, 0.2) is 94.9 Å². The normalized spacial score (nSPS) is 13.4. The number of nitrogens with zero attached hydrogens (tertiary/aromatic N) is 4. The first-order valence-corrected chi connectivity index (χ1v) is 22.9. The molecule has 0 amide bonds. The number of phenols is 4. The summed E-state index contributed by atoms with van der Waals surface area (Å²) in [6.07, 6.45) is 3.34. The van der Waals surface area contributed by atoms with Gasteiger partial charge in [-0.2, -0.15) is 0 Å². The SMILES string of the molecule is Cc1cc2c(cc1C)N=Cc1cc(C(C)(C)C)cc(c1O)-c1cc(C(C)(C)C)cc(c1O)-c1nc3ccccc3n1Cc1cc(C(C)(C)C)cc(c1O)-c1cc(C(C)(C)C)cc(c1O)C=N2. The molecule has 8 nitrogen and oxygen atoms in total. The van der Waals surface area contributed by atoms with E-state index in [1.807, 2.05) is 103 Å². The van der Waals surface area contributed by atoms with E-state index >= 15 is 0 Å². The van der Waals surface area contributed by atoms with E-state index in [0.717, 1.165) is 44.4 Å². The molecule has 0 unspecified atom stereocenters. The van der Waals surface area contributed by atoms with Gasteiger partial charge in [0.05, 0.1) is 34.5 Å². The van der Waals surface area contributed by atoms with E-state index < -0.39 is 0 Å². The number of fused-ring (bicyclic) bond motifs is 15. The Morgan fingerprint density at radius 2 is 0.848 bits per heavy atom. The molecule has 6 aromatic carbocycles. The number of aryl methyl sites for hydroxylation is 2. The quantitative estimate of drug-likeness (QED) is 0.121. The van der Waals surface area contributed by atoms with Gasteiger partial charge >= 0.3 is 0 Å². The van der Waals surface area contributed by atoms with Crippen molar-refractivity contribution in [3.05, 3.63) is 135 Å². The van der Waals surface area contributed by atoms with Crippen molar-refractivity contribution in [3.63, 3.8) is 0 Å². The van der Waals surface area contributed by atoms with Crippen LogP contribution in [0.4, 0.5) is 11.4 Å². The summed E-state index contributed by atoms with van der Waals surface area (Å²) >= 11 is 0. The molecular formula is C58H64N4O4. The van der Waals surface area contributed by atoms with Crippen LogP contribution in [0, 0.1) is 13.8 Å². The minimum Gasteiger partial charge on any atom is -0.507 e. The molecule has 0 atom stereocenters. The second-order valence-corrected chi connectivity index (χ2v) is 22.3. The van der Waals surface area contributed by atoms with Gasteiger partial charge in [-0.05, 0) is 142 Å². The van der Waals surface area contributed by atoms with Gasteiger partial charge in [0.1, 0.15) is 28.8 Å². The molecule has 0 radical (unpaired) electrons. The highest BCUT2D eigenvalue weighted by atomic mass is 16.3. The van der Waals surface area contributed by atoms with Crippen molar-refractivity contribution in [2.45, 2.75) is 125 Å². The lowest BCUT2D eigenvalue weighted by atomic mass is 9.81. The highest BCUT2D eigenvalue weighted by Crippen LogP contribution is 2.49. The Bertz CT molecular complexity index is 3160. The van der Waals surface area contributed by atoms with E-state index in [2.05, 4.69) is 83.1 Å². The zero-order chi connectivity index (χ0) is 48.0. The van der Waals surface area contributed by atoms with Crippen LogP contribution in [0.25, 0.3) is 44.7 Å². The summed E-state index contributed by atoms with van der Waals surface area (Å²) < 4.78 is 2.04. The Balaban J connectivity index is 1.55. The molecule has 0 aliphatic carbocycles. The zero-order valence-corrected chi connectivity index (χ0v) is 41.0. The van der Waals surface area contributed by atoms with Gasteiger partial charge in [0.2, 0.25) is 0 Å². The Kier molecular flexibility index (Phi) is 11.1. The fourth-order valence-corrected chi connectivity index (χ4v) is 8.57. The van der Waals surface area contributed by atoms with Gasteiger partial charge in [-0.3, -0.25) is 9.98 Å². The van der Waals surface area contributed by atoms with Crippen LogP contribution < -0.4 is 0 Å². The zero-order valence-electron chi connectivity index (χ0n) is 41.0. The minimum atomic E-state index is -0.376. The number of aromatic nitrogens is 2. The lowest BCUT2D eigenvalue weighted by Crippen LogP contribution is -2.14. The predicted molar refractivity (Wildman–Crippen MR) is 273 cm³/mol. The van der Waals surface area contributed by atoms with Crippen LogP contribution in [0.5, 0.6) is 23.0 Å². The molecule has 1 aliphatic heterocycles. The average molecular weight is 881 g/mol. The van der Waals surface area contributed by atoms with Crippen molar-refractivity contribution in [2.75, 3.05) is 0 Å². The van der Waals surface area contributed by atoms with Gasteiger partial charge in [0.25, 0.3) is 0 Å². The largest absolute Gasteiger partial charge is 0.507 e. The summed E-state index contributed by atoms with van der Waals surface area (Å²) in [5.74, 6) is 0.448. The van der Waals surface area contributed by atoms with Gasteiger partial charge in [0.15, 0.2) is 0 Å². The Morgan fingerprint density at radius 3 is 1.32 bits per heavy atom. The van der Waals surface area contributed by atoms with Crippen molar-refractivity contribution in [3.8, 4) is 56.6 Å². The molecule has 1 aliphatic rings. The molecule has 0 saturated heterocycles. The fourth-order valence-electron chi connectivity index (χ4n) is 8.57. The standard InChI is InChI=1S/C58H64N4O4/c1-32-19-47-48(20-33(32)2)60-30-35-22-38(56(6,7)8)25-43(51(35)64)44-27-40(58(12,13)14)28-45(53(44)66)54-61-46-17-15-16-18-49(46)62(54)31-36-23-39(57(9,10)11)26-42(52(36)65)41-24-37(55(3,4)5)21-34(29-59-47)50(41)63/h15-30,63-66H,31H2,1-14H3. The molecule has 8 rings (SSSR count). The average Bonchev–Trinajstić information content (AvgIpc) is 3.58. The molecule has 340 valence electrons. The third-order valence-electron chi connectivity index (χ3n) is 13.1. The minimum absolute atomic E-state index is 0.0134. The van der Waals surface area contributed by atoms with Crippen molar-refractivity contribution in [1.29, 1.82) is 0 Å².